The quantitative estimate of drug-likeness (QED) is 0.879. The summed E-state index contributed by atoms with van der Waals surface area (Å²) in [5.74, 6) is 0. The smallest absolute Gasteiger partial charge is 0.0947 e. The molecule has 0 spiro atoms. The lowest BCUT2D eigenvalue weighted by atomic mass is 9.98. The SMILES string of the molecule is CN(Cc1ccncc1)C1CCCc2ccccc2C1O. The number of pyridine rings is 1. The van der Waals surface area contributed by atoms with E-state index in [1.807, 2.05) is 30.6 Å². The second-order valence-electron chi connectivity index (χ2n) is 5.87. The van der Waals surface area contributed by atoms with E-state index in [4.69, 9.17) is 0 Å². The van der Waals surface area contributed by atoms with Crippen LogP contribution in [0.5, 0.6) is 0 Å². The maximum atomic E-state index is 10.8. The van der Waals surface area contributed by atoms with Crippen LogP contribution < -0.4 is 0 Å². The van der Waals surface area contributed by atoms with Gasteiger partial charge in [0.15, 0.2) is 0 Å². The fourth-order valence-corrected chi connectivity index (χ4v) is 3.27. The van der Waals surface area contributed by atoms with E-state index in [0.717, 1.165) is 31.4 Å². The zero-order valence-electron chi connectivity index (χ0n) is 12.4. The fraction of sp³-hybridized carbons (Fsp3) is 0.389. The fourth-order valence-electron chi connectivity index (χ4n) is 3.27. The van der Waals surface area contributed by atoms with Gasteiger partial charge in [-0.2, -0.15) is 0 Å². The maximum Gasteiger partial charge on any atom is 0.0947 e. The summed E-state index contributed by atoms with van der Waals surface area (Å²) < 4.78 is 0. The summed E-state index contributed by atoms with van der Waals surface area (Å²) in [5, 5.41) is 10.8. The number of benzene rings is 1. The number of aromatic nitrogens is 1. The Balaban J connectivity index is 1.79. The minimum absolute atomic E-state index is 0.168. The first-order valence-electron chi connectivity index (χ1n) is 7.60. The van der Waals surface area contributed by atoms with Crippen molar-refractivity contribution in [3.8, 4) is 0 Å². The molecule has 0 amide bonds. The van der Waals surface area contributed by atoms with Crippen molar-refractivity contribution in [1.29, 1.82) is 0 Å². The molecule has 2 atom stereocenters. The topological polar surface area (TPSA) is 36.4 Å². The highest BCUT2D eigenvalue weighted by molar-refractivity contribution is 5.31. The van der Waals surface area contributed by atoms with Crippen molar-refractivity contribution >= 4 is 0 Å². The maximum absolute atomic E-state index is 10.8. The lowest BCUT2D eigenvalue weighted by Gasteiger charge is -2.31. The predicted molar refractivity (Wildman–Crippen MR) is 83.8 cm³/mol. The van der Waals surface area contributed by atoms with Crippen molar-refractivity contribution in [1.82, 2.24) is 9.88 Å². The van der Waals surface area contributed by atoms with E-state index in [1.54, 1.807) is 0 Å². The zero-order valence-corrected chi connectivity index (χ0v) is 12.4. The van der Waals surface area contributed by atoms with Crippen molar-refractivity contribution in [2.24, 2.45) is 0 Å². The summed E-state index contributed by atoms with van der Waals surface area (Å²) >= 11 is 0. The predicted octanol–water partition coefficient (Wildman–Crippen LogP) is 2.95. The highest BCUT2D eigenvalue weighted by atomic mass is 16.3. The van der Waals surface area contributed by atoms with Crippen LogP contribution in [-0.4, -0.2) is 28.1 Å². The molecule has 0 radical (unpaired) electrons. The van der Waals surface area contributed by atoms with Gasteiger partial charge in [-0.15, -0.1) is 0 Å². The van der Waals surface area contributed by atoms with Crippen LogP contribution in [0.1, 0.15) is 35.6 Å². The van der Waals surface area contributed by atoms with Gasteiger partial charge in [0.05, 0.1) is 6.10 Å². The molecular formula is C18H22N2O. The van der Waals surface area contributed by atoms with Crippen LogP contribution in [0.3, 0.4) is 0 Å². The first-order chi connectivity index (χ1) is 10.3. The van der Waals surface area contributed by atoms with Crippen molar-refractivity contribution in [3.05, 3.63) is 65.5 Å². The molecule has 110 valence electrons. The molecule has 0 bridgehead atoms. The number of hydrogen-bond donors (Lipinski definition) is 1. The molecule has 1 aromatic carbocycles. The molecule has 1 aliphatic rings. The number of aliphatic hydroxyl groups is 1. The summed E-state index contributed by atoms with van der Waals surface area (Å²) in [7, 11) is 2.10. The van der Waals surface area contributed by atoms with Crippen molar-refractivity contribution in [2.75, 3.05) is 7.05 Å². The van der Waals surface area contributed by atoms with Crippen LogP contribution in [0.25, 0.3) is 0 Å². The van der Waals surface area contributed by atoms with Crippen LogP contribution in [-0.2, 0) is 13.0 Å². The van der Waals surface area contributed by atoms with Crippen LogP contribution in [0, 0.1) is 0 Å². The molecule has 1 aromatic heterocycles. The lowest BCUT2D eigenvalue weighted by molar-refractivity contribution is 0.0554. The monoisotopic (exact) mass is 282 g/mol. The number of hydrogen-bond acceptors (Lipinski definition) is 3. The van der Waals surface area contributed by atoms with Gasteiger partial charge >= 0.3 is 0 Å². The van der Waals surface area contributed by atoms with E-state index in [9.17, 15) is 5.11 Å². The standard InChI is InChI=1S/C18H22N2O/c1-20(13-14-9-11-19-12-10-14)17-8-4-6-15-5-2-3-7-16(15)18(17)21/h2-3,5,7,9-12,17-18,21H,4,6,8,13H2,1H3. The third-order valence-electron chi connectivity index (χ3n) is 4.43. The molecule has 3 nitrogen and oxygen atoms in total. The molecule has 1 aliphatic carbocycles. The summed E-state index contributed by atoms with van der Waals surface area (Å²) in [6, 6.07) is 12.5. The van der Waals surface area contributed by atoms with E-state index in [1.165, 1.54) is 11.1 Å². The third-order valence-corrected chi connectivity index (χ3v) is 4.43. The van der Waals surface area contributed by atoms with E-state index in [2.05, 4.69) is 35.1 Å². The van der Waals surface area contributed by atoms with Gasteiger partial charge in [0.1, 0.15) is 0 Å². The molecule has 1 heterocycles. The van der Waals surface area contributed by atoms with Gasteiger partial charge in [0.25, 0.3) is 0 Å². The molecule has 0 fully saturated rings. The van der Waals surface area contributed by atoms with E-state index in [-0.39, 0.29) is 6.04 Å². The third kappa shape index (κ3) is 3.14. The van der Waals surface area contributed by atoms with Crippen LogP contribution in [0.4, 0.5) is 0 Å². The molecule has 3 heteroatoms. The Morgan fingerprint density at radius 3 is 2.76 bits per heavy atom. The van der Waals surface area contributed by atoms with Crippen LogP contribution in [0.2, 0.25) is 0 Å². The summed E-state index contributed by atoms with van der Waals surface area (Å²) in [5.41, 5.74) is 3.63. The first kappa shape index (κ1) is 14.2. The number of rotatable bonds is 3. The second-order valence-corrected chi connectivity index (χ2v) is 5.87. The van der Waals surface area contributed by atoms with E-state index >= 15 is 0 Å². The van der Waals surface area contributed by atoms with Gasteiger partial charge in [-0.1, -0.05) is 24.3 Å². The first-order valence-corrected chi connectivity index (χ1v) is 7.60. The van der Waals surface area contributed by atoms with Crippen molar-refractivity contribution in [2.45, 2.75) is 38.0 Å². The Morgan fingerprint density at radius 2 is 1.95 bits per heavy atom. The highest BCUT2D eigenvalue weighted by Crippen LogP contribution is 2.31. The van der Waals surface area contributed by atoms with Crippen molar-refractivity contribution < 1.29 is 5.11 Å². The van der Waals surface area contributed by atoms with E-state index in [0.29, 0.717) is 0 Å². The van der Waals surface area contributed by atoms with E-state index < -0.39 is 6.10 Å². The number of aliphatic hydroxyl groups excluding tert-OH is 1. The number of aryl methyl sites for hydroxylation is 1. The minimum Gasteiger partial charge on any atom is -0.387 e. The second kappa shape index (κ2) is 6.37. The normalized spacial score (nSPS) is 21.9. The number of fused-ring (bicyclic) bond motifs is 1. The summed E-state index contributed by atoms with van der Waals surface area (Å²) in [4.78, 5) is 6.32. The Hall–Kier alpha value is -1.71. The van der Waals surface area contributed by atoms with Crippen LogP contribution in [0.15, 0.2) is 48.8 Å². The van der Waals surface area contributed by atoms with Gasteiger partial charge in [-0.25, -0.2) is 0 Å². The van der Waals surface area contributed by atoms with Crippen LogP contribution >= 0.6 is 0 Å². The highest BCUT2D eigenvalue weighted by Gasteiger charge is 2.28. The summed E-state index contributed by atoms with van der Waals surface area (Å²) in [6.45, 7) is 0.840. The van der Waals surface area contributed by atoms with Gasteiger partial charge in [-0.05, 0) is 55.1 Å². The average Bonchev–Trinajstić information content (AvgIpc) is 2.68. The molecule has 2 unspecified atom stereocenters. The molecule has 1 N–H and O–H groups in total. The van der Waals surface area contributed by atoms with Gasteiger partial charge in [0, 0.05) is 25.0 Å². The Labute approximate surface area is 126 Å². The molecule has 0 saturated carbocycles. The number of nitrogens with zero attached hydrogens (tertiary/aromatic N) is 2. The minimum atomic E-state index is -0.407. The lowest BCUT2D eigenvalue weighted by Crippen LogP contribution is -2.36. The van der Waals surface area contributed by atoms with Gasteiger partial charge in [0.2, 0.25) is 0 Å². The molecule has 21 heavy (non-hydrogen) atoms. The molecule has 0 saturated heterocycles. The molecule has 2 aromatic rings. The van der Waals surface area contributed by atoms with Gasteiger partial charge < -0.3 is 5.11 Å². The molecule has 0 aliphatic heterocycles. The molecule has 3 rings (SSSR count). The Morgan fingerprint density at radius 1 is 1.19 bits per heavy atom. The summed E-state index contributed by atoms with van der Waals surface area (Å²) in [6.07, 6.45) is 6.45. The Bertz CT molecular complexity index is 585. The van der Waals surface area contributed by atoms with Gasteiger partial charge in [-0.3, -0.25) is 9.88 Å². The number of likely N-dealkylation sites (N-methyl/N-ethyl adjacent to an activating group) is 1. The molecular weight excluding hydrogens is 260 g/mol. The zero-order chi connectivity index (χ0) is 14.7. The Kier molecular flexibility index (Phi) is 4.32. The van der Waals surface area contributed by atoms with Crippen molar-refractivity contribution in [3.63, 3.8) is 0 Å². The largest absolute Gasteiger partial charge is 0.387 e. The average molecular weight is 282 g/mol.